The van der Waals surface area contributed by atoms with Crippen LogP contribution in [0.4, 0.5) is 5.69 Å². The molecule has 0 unspecified atom stereocenters. The summed E-state index contributed by atoms with van der Waals surface area (Å²) in [6.07, 6.45) is 5.41. The summed E-state index contributed by atoms with van der Waals surface area (Å²) >= 11 is 0. The van der Waals surface area contributed by atoms with Crippen LogP contribution in [0.1, 0.15) is 47.8 Å². The molecule has 7 nitrogen and oxygen atoms in total. The topological polar surface area (TPSA) is 70.8 Å². The number of nitrogens with zero attached hydrogens (tertiary/aromatic N) is 5. The number of hydrogen-bond donors (Lipinski definition) is 0. The van der Waals surface area contributed by atoms with Gasteiger partial charge in [0.05, 0.1) is 0 Å². The van der Waals surface area contributed by atoms with E-state index < -0.39 is 0 Å². The summed E-state index contributed by atoms with van der Waals surface area (Å²) in [6, 6.07) is 13.3. The van der Waals surface area contributed by atoms with Crippen molar-refractivity contribution in [2.24, 2.45) is 0 Å². The van der Waals surface area contributed by atoms with Gasteiger partial charge in [-0.15, -0.1) is 10.2 Å². The Labute approximate surface area is 168 Å². The lowest BCUT2D eigenvalue weighted by molar-refractivity contribution is -0.117. The van der Waals surface area contributed by atoms with Gasteiger partial charge in [-0.3, -0.25) is 14.0 Å². The molecular formula is C22H23N5O2. The highest BCUT2D eigenvalue weighted by molar-refractivity contribution is 5.97. The summed E-state index contributed by atoms with van der Waals surface area (Å²) in [6.45, 7) is 2.14. The highest BCUT2D eigenvalue weighted by Gasteiger charge is 2.29. The predicted molar refractivity (Wildman–Crippen MR) is 109 cm³/mol. The number of pyridine rings is 1. The number of benzene rings is 1. The quantitative estimate of drug-likeness (QED) is 0.691. The van der Waals surface area contributed by atoms with E-state index in [1.54, 1.807) is 4.90 Å². The van der Waals surface area contributed by atoms with Gasteiger partial charge in [0.2, 0.25) is 5.91 Å². The Hall–Kier alpha value is -3.22. The van der Waals surface area contributed by atoms with Crippen molar-refractivity contribution in [2.75, 3.05) is 24.5 Å². The van der Waals surface area contributed by atoms with Gasteiger partial charge < -0.3 is 9.80 Å². The average molecular weight is 389 g/mol. The van der Waals surface area contributed by atoms with Crippen LogP contribution in [0.3, 0.4) is 0 Å². The van der Waals surface area contributed by atoms with Crippen LogP contribution in [0.25, 0.3) is 5.65 Å². The molecule has 29 heavy (non-hydrogen) atoms. The lowest BCUT2D eigenvalue weighted by Crippen LogP contribution is -2.39. The predicted octanol–water partition coefficient (Wildman–Crippen LogP) is 2.88. The van der Waals surface area contributed by atoms with E-state index in [-0.39, 0.29) is 17.7 Å². The van der Waals surface area contributed by atoms with Crippen molar-refractivity contribution in [1.82, 2.24) is 19.5 Å². The Balaban J connectivity index is 1.32. The lowest BCUT2D eigenvalue weighted by atomic mass is 9.96. The van der Waals surface area contributed by atoms with Gasteiger partial charge in [-0.25, -0.2) is 0 Å². The van der Waals surface area contributed by atoms with Crippen molar-refractivity contribution < 1.29 is 9.59 Å². The summed E-state index contributed by atoms with van der Waals surface area (Å²) < 4.78 is 2.01. The summed E-state index contributed by atoms with van der Waals surface area (Å²) in [5.74, 6) is 1.28. The highest BCUT2D eigenvalue weighted by atomic mass is 16.2. The van der Waals surface area contributed by atoms with E-state index in [0.717, 1.165) is 49.5 Å². The van der Waals surface area contributed by atoms with Crippen molar-refractivity contribution in [2.45, 2.75) is 31.6 Å². The second kappa shape index (κ2) is 7.31. The first kappa shape index (κ1) is 17.8. The maximum absolute atomic E-state index is 13.1. The fourth-order valence-electron chi connectivity index (χ4n) is 4.40. The lowest BCUT2D eigenvalue weighted by Gasteiger charge is -2.32. The smallest absolute Gasteiger partial charge is 0.253 e. The van der Waals surface area contributed by atoms with Crippen LogP contribution in [0, 0.1) is 0 Å². The van der Waals surface area contributed by atoms with Crippen molar-refractivity contribution in [3.63, 3.8) is 0 Å². The summed E-state index contributed by atoms with van der Waals surface area (Å²) in [5, 5.41) is 8.64. The Morgan fingerprint density at radius 2 is 1.86 bits per heavy atom. The van der Waals surface area contributed by atoms with Crippen molar-refractivity contribution in [1.29, 1.82) is 0 Å². The van der Waals surface area contributed by atoms with Crippen LogP contribution in [0.2, 0.25) is 0 Å². The Kier molecular flexibility index (Phi) is 4.50. The van der Waals surface area contributed by atoms with Crippen LogP contribution in [0.5, 0.6) is 0 Å². The number of fused-ring (bicyclic) bond motifs is 1. The summed E-state index contributed by atoms with van der Waals surface area (Å²) in [5.41, 5.74) is 2.36. The van der Waals surface area contributed by atoms with Gasteiger partial charge >= 0.3 is 0 Å². The van der Waals surface area contributed by atoms with Gasteiger partial charge in [0, 0.05) is 49.4 Å². The van der Waals surface area contributed by atoms with Crippen molar-refractivity contribution >= 4 is 23.1 Å². The molecule has 2 amide bonds. The number of rotatable bonds is 3. The minimum Gasteiger partial charge on any atom is -0.338 e. The minimum atomic E-state index is 0.0304. The van der Waals surface area contributed by atoms with Crippen LogP contribution in [-0.2, 0) is 4.79 Å². The van der Waals surface area contributed by atoms with Gasteiger partial charge in [-0.05, 0) is 55.7 Å². The van der Waals surface area contributed by atoms with Crippen LogP contribution in [-0.4, -0.2) is 50.9 Å². The summed E-state index contributed by atoms with van der Waals surface area (Å²) in [4.78, 5) is 28.7. The third kappa shape index (κ3) is 3.26. The van der Waals surface area contributed by atoms with Gasteiger partial charge in [0.15, 0.2) is 5.65 Å². The van der Waals surface area contributed by atoms with E-state index in [1.165, 1.54) is 0 Å². The number of aromatic nitrogens is 3. The minimum absolute atomic E-state index is 0.0304. The third-order valence-corrected chi connectivity index (χ3v) is 5.91. The molecule has 1 aromatic carbocycles. The first-order valence-corrected chi connectivity index (χ1v) is 10.2. The fourth-order valence-corrected chi connectivity index (χ4v) is 4.40. The first-order chi connectivity index (χ1) is 14.2. The third-order valence-electron chi connectivity index (χ3n) is 5.91. The zero-order valence-corrected chi connectivity index (χ0v) is 16.2. The maximum atomic E-state index is 13.1. The first-order valence-electron chi connectivity index (χ1n) is 10.2. The number of hydrogen-bond acceptors (Lipinski definition) is 4. The molecule has 0 spiro atoms. The molecule has 5 rings (SSSR count). The zero-order chi connectivity index (χ0) is 19.8. The zero-order valence-electron chi connectivity index (χ0n) is 16.2. The maximum Gasteiger partial charge on any atom is 0.253 e. The molecule has 0 aliphatic carbocycles. The Morgan fingerprint density at radius 3 is 2.66 bits per heavy atom. The van der Waals surface area contributed by atoms with Crippen LogP contribution in [0.15, 0.2) is 48.7 Å². The SMILES string of the molecule is O=C(c1ccc(N2CCCC2=O)cc1)N1CCC[C@@H](c2nnc3ccccn23)C1. The van der Waals surface area contributed by atoms with E-state index >= 15 is 0 Å². The fraction of sp³-hybridized carbons (Fsp3) is 0.364. The number of carbonyl (C=O) groups is 2. The number of amides is 2. The highest BCUT2D eigenvalue weighted by Crippen LogP contribution is 2.28. The molecule has 7 heteroatoms. The van der Waals surface area contributed by atoms with Crippen LogP contribution >= 0.6 is 0 Å². The Bertz CT molecular complexity index is 1060. The molecule has 2 saturated heterocycles. The monoisotopic (exact) mass is 389 g/mol. The molecule has 2 fully saturated rings. The van der Waals surface area contributed by atoms with Crippen molar-refractivity contribution in [3.05, 3.63) is 60.0 Å². The normalized spacial score (nSPS) is 19.9. The molecule has 2 aliphatic heterocycles. The molecule has 1 atom stereocenters. The molecule has 4 heterocycles. The van der Waals surface area contributed by atoms with Gasteiger partial charge in [-0.2, -0.15) is 0 Å². The van der Waals surface area contributed by atoms with Gasteiger partial charge in [0.1, 0.15) is 5.82 Å². The largest absolute Gasteiger partial charge is 0.338 e. The van der Waals surface area contributed by atoms with Crippen molar-refractivity contribution in [3.8, 4) is 0 Å². The number of likely N-dealkylation sites (tertiary alicyclic amines) is 1. The molecule has 3 aromatic rings. The average Bonchev–Trinajstić information content (AvgIpc) is 3.40. The molecule has 0 N–H and O–H groups in total. The second-order valence-corrected chi connectivity index (χ2v) is 7.77. The van der Waals surface area contributed by atoms with E-state index in [0.29, 0.717) is 18.5 Å². The molecule has 0 bridgehead atoms. The van der Waals surface area contributed by atoms with E-state index in [4.69, 9.17) is 0 Å². The molecule has 148 valence electrons. The van der Waals surface area contributed by atoms with E-state index in [1.807, 2.05) is 58.0 Å². The Morgan fingerprint density at radius 1 is 1.00 bits per heavy atom. The van der Waals surface area contributed by atoms with Gasteiger partial charge in [-0.1, -0.05) is 6.07 Å². The van der Waals surface area contributed by atoms with Gasteiger partial charge in [0.25, 0.3) is 5.91 Å². The van der Waals surface area contributed by atoms with E-state index in [2.05, 4.69) is 10.2 Å². The molecular weight excluding hydrogens is 366 g/mol. The second-order valence-electron chi connectivity index (χ2n) is 7.77. The van der Waals surface area contributed by atoms with E-state index in [9.17, 15) is 9.59 Å². The standard InChI is InChI=1S/C22H23N5O2/c28-20-7-4-14-26(20)18-10-8-16(9-11-18)22(29)25-12-3-5-17(15-25)21-24-23-19-6-1-2-13-27(19)21/h1-2,6,8-11,13,17H,3-5,7,12,14-15H2/t17-/m1/s1. The summed E-state index contributed by atoms with van der Waals surface area (Å²) in [7, 11) is 0. The number of anilines is 1. The molecule has 0 saturated carbocycles. The molecule has 2 aromatic heterocycles. The number of carbonyl (C=O) groups excluding carboxylic acids is 2. The van der Waals surface area contributed by atoms with Crippen LogP contribution < -0.4 is 4.90 Å². The molecule has 0 radical (unpaired) electrons. The molecule has 2 aliphatic rings. The number of piperidine rings is 1.